The highest BCUT2D eigenvalue weighted by atomic mass is 16.2. The van der Waals surface area contributed by atoms with Gasteiger partial charge < -0.3 is 11.1 Å². The smallest absolute Gasteiger partial charge is 0.254 e. The molecule has 0 aliphatic heterocycles. The first-order chi connectivity index (χ1) is 12.6. The predicted octanol–water partition coefficient (Wildman–Crippen LogP) is 1.93. The van der Waals surface area contributed by atoms with Crippen molar-refractivity contribution in [1.29, 1.82) is 5.26 Å². The van der Waals surface area contributed by atoms with E-state index in [-0.39, 0.29) is 6.42 Å². The highest BCUT2D eigenvalue weighted by molar-refractivity contribution is 6.06. The molecule has 1 aromatic heterocycles. The lowest BCUT2D eigenvalue weighted by Crippen LogP contribution is -2.45. The van der Waals surface area contributed by atoms with Crippen molar-refractivity contribution in [2.75, 3.05) is 0 Å². The summed E-state index contributed by atoms with van der Waals surface area (Å²) in [6, 6.07) is 16.9. The van der Waals surface area contributed by atoms with Crippen LogP contribution in [-0.4, -0.2) is 22.8 Å². The first-order valence-corrected chi connectivity index (χ1v) is 8.01. The summed E-state index contributed by atoms with van der Waals surface area (Å²) in [4.78, 5) is 28.7. The molecule has 2 aromatic carbocycles. The van der Waals surface area contributed by atoms with Gasteiger partial charge in [-0.25, -0.2) is 0 Å². The minimum absolute atomic E-state index is 0.241. The van der Waals surface area contributed by atoms with Crippen LogP contribution in [0.4, 0.5) is 0 Å². The van der Waals surface area contributed by atoms with E-state index in [0.29, 0.717) is 16.6 Å². The number of hydrogen-bond donors (Lipinski definition) is 2. The van der Waals surface area contributed by atoms with E-state index in [9.17, 15) is 9.59 Å². The molecule has 26 heavy (non-hydrogen) atoms. The molecule has 3 N–H and O–H groups in total. The van der Waals surface area contributed by atoms with Crippen LogP contribution in [0.2, 0.25) is 0 Å². The molecular formula is C20H16N4O2. The zero-order valence-corrected chi connectivity index (χ0v) is 13.8. The Morgan fingerprint density at radius 2 is 1.85 bits per heavy atom. The van der Waals surface area contributed by atoms with Crippen LogP contribution < -0.4 is 11.1 Å². The molecule has 0 aliphatic rings. The highest BCUT2D eigenvalue weighted by Gasteiger charge is 2.21. The third kappa shape index (κ3) is 3.68. The van der Waals surface area contributed by atoms with Gasteiger partial charge in [0.25, 0.3) is 5.91 Å². The third-order valence-electron chi connectivity index (χ3n) is 4.05. The number of pyridine rings is 1. The average molecular weight is 344 g/mol. The quantitative estimate of drug-likeness (QED) is 0.737. The maximum atomic E-state index is 12.7. The number of carbonyl (C=O) groups is 2. The van der Waals surface area contributed by atoms with Crippen molar-refractivity contribution in [1.82, 2.24) is 10.3 Å². The normalized spacial score (nSPS) is 11.5. The van der Waals surface area contributed by atoms with Crippen molar-refractivity contribution in [2.45, 2.75) is 12.5 Å². The number of nitrogens with two attached hydrogens (primary N) is 1. The topological polar surface area (TPSA) is 109 Å². The summed E-state index contributed by atoms with van der Waals surface area (Å²) in [6.45, 7) is 0. The van der Waals surface area contributed by atoms with Gasteiger partial charge in [-0.2, -0.15) is 5.26 Å². The van der Waals surface area contributed by atoms with Gasteiger partial charge >= 0.3 is 0 Å². The fourth-order valence-corrected chi connectivity index (χ4v) is 2.70. The Morgan fingerprint density at radius 1 is 1.12 bits per heavy atom. The van der Waals surface area contributed by atoms with Crippen molar-refractivity contribution in [3.05, 3.63) is 77.5 Å². The summed E-state index contributed by atoms with van der Waals surface area (Å²) >= 11 is 0. The van der Waals surface area contributed by atoms with Crippen LogP contribution in [0, 0.1) is 11.3 Å². The summed E-state index contributed by atoms with van der Waals surface area (Å²) < 4.78 is 0. The Morgan fingerprint density at radius 3 is 2.54 bits per heavy atom. The van der Waals surface area contributed by atoms with Crippen molar-refractivity contribution in [3.8, 4) is 6.07 Å². The standard InChI is InChI=1S/C20H16N4O2/c21-12-14-8-6-13(7-9-14)11-17(19(22)25)24-20(26)16-5-1-3-15-4-2-10-23-18(15)16/h1-10,17H,11H2,(H2,22,25)(H,24,26)/t17-/m1/s1. The number of nitriles is 1. The SMILES string of the molecule is N#Cc1ccc(C[C@@H](NC(=O)c2cccc3cccnc23)C(N)=O)cc1. The highest BCUT2D eigenvalue weighted by Crippen LogP contribution is 2.16. The van der Waals surface area contributed by atoms with Gasteiger partial charge in [0.1, 0.15) is 6.04 Å². The molecule has 0 fully saturated rings. The van der Waals surface area contributed by atoms with Crippen LogP contribution in [0.3, 0.4) is 0 Å². The molecular weight excluding hydrogens is 328 g/mol. The second kappa shape index (κ2) is 7.45. The van der Waals surface area contributed by atoms with Gasteiger partial charge in [0.05, 0.1) is 22.7 Å². The summed E-state index contributed by atoms with van der Waals surface area (Å²) in [7, 11) is 0. The summed E-state index contributed by atoms with van der Waals surface area (Å²) in [6.07, 6.45) is 1.85. The lowest BCUT2D eigenvalue weighted by atomic mass is 10.0. The molecule has 0 spiro atoms. The predicted molar refractivity (Wildman–Crippen MR) is 97.1 cm³/mol. The molecule has 0 unspecified atom stereocenters. The van der Waals surface area contributed by atoms with Crippen LogP contribution >= 0.6 is 0 Å². The number of fused-ring (bicyclic) bond motifs is 1. The van der Waals surface area contributed by atoms with Gasteiger partial charge in [-0.1, -0.05) is 30.3 Å². The maximum absolute atomic E-state index is 12.7. The lowest BCUT2D eigenvalue weighted by Gasteiger charge is -2.16. The van der Waals surface area contributed by atoms with Crippen LogP contribution in [0.1, 0.15) is 21.5 Å². The number of rotatable bonds is 5. The Kier molecular flexibility index (Phi) is 4.90. The van der Waals surface area contributed by atoms with E-state index in [4.69, 9.17) is 11.0 Å². The molecule has 3 rings (SSSR count). The number of carbonyl (C=O) groups excluding carboxylic acids is 2. The molecule has 3 aromatic rings. The Balaban J connectivity index is 1.82. The fourth-order valence-electron chi connectivity index (χ4n) is 2.70. The maximum Gasteiger partial charge on any atom is 0.254 e. The Bertz CT molecular complexity index is 1000. The van der Waals surface area contributed by atoms with Gasteiger partial charge in [-0.15, -0.1) is 0 Å². The fraction of sp³-hybridized carbons (Fsp3) is 0.100. The molecule has 0 saturated carbocycles. The minimum atomic E-state index is -0.866. The van der Waals surface area contributed by atoms with Crippen LogP contribution in [-0.2, 0) is 11.2 Å². The van der Waals surface area contributed by atoms with Crippen LogP contribution in [0.5, 0.6) is 0 Å². The number of amides is 2. The number of nitrogens with one attached hydrogen (secondary N) is 1. The molecule has 1 atom stereocenters. The van der Waals surface area contributed by atoms with E-state index in [1.165, 1.54) is 0 Å². The zero-order valence-electron chi connectivity index (χ0n) is 13.8. The summed E-state index contributed by atoms with van der Waals surface area (Å²) in [5.41, 5.74) is 7.72. The molecule has 0 saturated heterocycles. The lowest BCUT2D eigenvalue weighted by molar-refractivity contribution is -0.119. The van der Waals surface area contributed by atoms with Crippen molar-refractivity contribution in [3.63, 3.8) is 0 Å². The summed E-state index contributed by atoms with van der Waals surface area (Å²) in [5.74, 6) is -1.04. The van der Waals surface area contributed by atoms with E-state index < -0.39 is 17.9 Å². The zero-order chi connectivity index (χ0) is 18.5. The minimum Gasteiger partial charge on any atom is -0.368 e. The molecule has 6 nitrogen and oxygen atoms in total. The van der Waals surface area contributed by atoms with Crippen molar-refractivity contribution < 1.29 is 9.59 Å². The third-order valence-corrected chi connectivity index (χ3v) is 4.05. The molecule has 1 heterocycles. The molecule has 0 aliphatic carbocycles. The molecule has 2 amide bonds. The second-order valence-electron chi connectivity index (χ2n) is 5.82. The van der Waals surface area contributed by atoms with Crippen molar-refractivity contribution >= 4 is 22.7 Å². The number of para-hydroxylation sites is 1. The number of benzene rings is 2. The number of primary amides is 1. The molecule has 0 radical (unpaired) electrons. The van der Waals surface area contributed by atoms with Crippen molar-refractivity contribution in [2.24, 2.45) is 5.73 Å². The first-order valence-electron chi connectivity index (χ1n) is 8.01. The van der Waals surface area contributed by atoms with Crippen LogP contribution in [0.25, 0.3) is 10.9 Å². The Labute approximate surface area is 150 Å². The van der Waals surface area contributed by atoms with Crippen LogP contribution in [0.15, 0.2) is 60.8 Å². The second-order valence-corrected chi connectivity index (χ2v) is 5.82. The van der Waals surface area contributed by atoms with E-state index in [1.54, 1.807) is 48.7 Å². The monoisotopic (exact) mass is 344 g/mol. The van der Waals surface area contributed by atoms with Gasteiger partial charge in [-0.05, 0) is 29.8 Å². The van der Waals surface area contributed by atoms with Gasteiger partial charge in [0, 0.05) is 18.0 Å². The van der Waals surface area contributed by atoms with Gasteiger partial charge in [-0.3, -0.25) is 14.6 Å². The number of hydrogen-bond acceptors (Lipinski definition) is 4. The van der Waals surface area contributed by atoms with E-state index >= 15 is 0 Å². The number of aromatic nitrogens is 1. The number of nitrogens with zero attached hydrogens (tertiary/aromatic N) is 2. The van der Waals surface area contributed by atoms with Gasteiger partial charge in [0.2, 0.25) is 5.91 Å². The molecule has 128 valence electrons. The summed E-state index contributed by atoms with van der Waals surface area (Å²) in [5, 5.41) is 12.4. The van der Waals surface area contributed by atoms with E-state index in [0.717, 1.165) is 10.9 Å². The molecule has 0 bridgehead atoms. The largest absolute Gasteiger partial charge is 0.368 e. The first kappa shape index (κ1) is 17.1. The van der Waals surface area contributed by atoms with E-state index in [2.05, 4.69) is 10.3 Å². The van der Waals surface area contributed by atoms with Gasteiger partial charge in [0.15, 0.2) is 0 Å². The Hall–Kier alpha value is -3.72. The van der Waals surface area contributed by atoms with E-state index in [1.807, 2.05) is 18.2 Å². The molecule has 6 heteroatoms. The average Bonchev–Trinajstić information content (AvgIpc) is 2.67.